The summed E-state index contributed by atoms with van der Waals surface area (Å²) in [6.45, 7) is 8.47. The van der Waals surface area contributed by atoms with Crippen LogP contribution in [0.1, 0.15) is 52.5 Å². The molecule has 0 spiro atoms. The van der Waals surface area contributed by atoms with Gasteiger partial charge in [0, 0.05) is 25.6 Å². The number of hydrogen-bond donors (Lipinski definition) is 1. The molecule has 0 aromatic heterocycles. The summed E-state index contributed by atoms with van der Waals surface area (Å²) in [5, 5.41) is 2.95. The molecule has 0 fully saturated rings. The largest absolute Gasteiger partial charge is 0.494 e. The average molecular weight is 518 g/mol. The van der Waals surface area contributed by atoms with E-state index in [9.17, 15) is 18.0 Å². The summed E-state index contributed by atoms with van der Waals surface area (Å²) in [7, 11) is -3.55. The summed E-state index contributed by atoms with van der Waals surface area (Å²) in [6, 6.07) is 15.7. The van der Waals surface area contributed by atoms with Gasteiger partial charge in [-0.2, -0.15) is 0 Å². The van der Waals surface area contributed by atoms with E-state index in [4.69, 9.17) is 4.74 Å². The molecule has 0 heterocycles. The molecule has 2 atom stereocenters. The summed E-state index contributed by atoms with van der Waals surface area (Å²) in [6.07, 6.45) is 2.35. The number of nitrogens with zero attached hydrogens (tertiary/aromatic N) is 2. The fourth-order valence-electron chi connectivity index (χ4n) is 3.71. The lowest BCUT2D eigenvalue weighted by Gasteiger charge is -2.30. The lowest BCUT2D eigenvalue weighted by Crippen LogP contribution is -2.49. The average Bonchev–Trinajstić information content (AvgIpc) is 2.85. The van der Waals surface area contributed by atoms with Gasteiger partial charge in [0.15, 0.2) is 0 Å². The molecule has 0 aliphatic rings. The van der Waals surface area contributed by atoms with Crippen molar-refractivity contribution >= 4 is 27.5 Å². The first-order valence-electron chi connectivity index (χ1n) is 12.4. The Labute approximate surface area is 215 Å². The minimum atomic E-state index is -3.55. The van der Waals surface area contributed by atoms with Crippen LogP contribution in [0.25, 0.3) is 0 Å². The van der Waals surface area contributed by atoms with Gasteiger partial charge < -0.3 is 15.0 Å². The Morgan fingerprint density at radius 3 is 2.19 bits per heavy atom. The molecule has 0 aliphatic heterocycles. The van der Waals surface area contributed by atoms with Gasteiger partial charge in [-0.1, -0.05) is 37.3 Å². The first kappa shape index (κ1) is 29.2. The van der Waals surface area contributed by atoms with E-state index in [0.717, 1.165) is 18.2 Å². The van der Waals surface area contributed by atoms with Crippen molar-refractivity contribution in [3.8, 4) is 5.75 Å². The van der Waals surface area contributed by atoms with Crippen molar-refractivity contribution in [2.24, 2.45) is 0 Å². The summed E-state index contributed by atoms with van der Waals surface area (Å²) >= 11 is 0. The minimum Gasteiger partial charge on any atom is -0.494 e. The van der Waals surface area contributed by atoms with Gasteiger partial charge in [-0.25, -0.2) is 8.42 Å². The van der Waals surface area contributed by atoms with E-state index in [2.05, 4.69) is 5.32 Å². The molecule has 0 unspecified atom stereocenters. The molecule has 198 valence electrons. The van der Waals surface area contributed by atoms with Crippen LogP contribution in [0.4, 0.5) is 5.69 Å². The summed E-state index contributed by atoms with van der Waals surface area (Å²) in [4.78, 5) is 27.7. The third-order valence-electron chi connectivity index (χ3n) is 5.95. The number of nitrogens with one attached hydrogen (secondary N) is 1. The monoisotopic (exact) mass is 517 g/mol. The predicted molar refractivity (Wildman–Crippen MR) is 143 cm³/mol. The van der Waals surface area contributed by atoms with Crippen LogP contribution in [0.3, 0.4) is 0 Å². The van der Waals surface area contributed by atoms with Gasteiger partial charge in [0.05, 0.1) is 18.6 Å². The Hall–Kier alpha value is -3.07. The molecule has 2 aromatic rings. The highest BCUT2D eigenvalue weighted by atomic mass is 32.2. The zero-order valence-corrected chi connectivity index (χ0v) is 22.8. The summed E-state index contributed by atoms with van der Waals surface area (Å²) < 4.78 is 31.7. The number of benzene rings is 2. The molecular weight excluding hydrogens is 478 g/mol. The Morgan fingerprint density at radius 1 is 1.00 bits per heavy atom. The molecule has 0 bridgehead atoms. The molecule has 8 nitrogen and oxygen atoms in total. The van der Waals surface area contributed by atoms with Crippen molar-refractivity contribution in [1.82, 2.24) is 10.2 Å². The van der Waals surface area contributed by atoms with Crippen molar-refractivity contribution < 1.29 is 22.7 Å². The lowest BCUT2D eigenvalue weighted by molar-refractivity contribution is -0.140. The second kappa shape index (κ2) is 13.9. The van der Waals surface area contributed by atoms with Crippen molar-refractivity contribution in [1.29, 1.82) is 0 Å². The van der Waals surface area contributed by atoms with Gasteiger partial charge in [-0.15, -0.1) is 0 Å². The van der Waals surface area contributed by atoms with Gasteiger partial charge in [0.1, 0.15) is 11.8 Å². The smallest absolute Gasteiger partial charge is 0.242 e. The summed E-state index contributed by atoms with van der Waals surface area (Å²) in [5.74, 6) is 0.248. The number of ether oxygens (including phenoxy) is 1. The van der Waals surface area contributed by atoms with Crippen molar-refractivity contribution in [3.63, 3.8) is 0 Å². The first-order chi connectivity index (χ1) is 17.1. The molecule has 2 aromatic carbocycles. The van der Waals surface area contributed by atoms with E-state index < -0.39 is 16.1 Å². The molecule has 2 amide bonds. The number of amides is 2. The Balaban J connectivity index is 2.13. The lowest BCUT2D eigenvalue weighted by atomic mass is 10.1. The van der Waals surface area contributed by atoms with E-state index in [1.54, 1.807) is 36.1 Å². The van der Waals surface area contributed by atoms with Gasteiger partial charge in [0.25, 0.3) is 0 Å². The molecule has 0 saturated heterocycles. The van der Waals surface area contributed by atoms with E-state index in [1.807, 2.05) is 51.1 Å². The van der Waals surface area contributed by atoms with Crippen LogP contribution in [0.15, 0.2) is 54.6 Å². The first-order valence-corrected chi connectivity index (χ1v) is 14.3. The number of sulfonamides is 1. The van der Waals surface area contributed by atoms with Crippen molar-refractivity contribution in [2.75, 3.05) is 23.7 Å². The third-order valence-corrected chi connectivity index (χ3v) is 7.15. The Morgan fingerprint density at radius 2 is 1.64 bits per heavy atom. The second-order valence-electron chi connectivity index (χ2n) is 8.87. The zero-order valence-electron chi connectivity index (χ0n) is 21.9. The van der Waals surface area contributed by atoms with Gasteiger partial charge >= 0.3 is 0 Å². The zero-order chi connectivity index (χ0) is 26.7. The molecule has 36 heavy (non-hydrogen) atoms. The number of anilines is 1. The van der Waals surface area contributed by atoms with Gasteiger partial charge in [-0.3, -0.25) is 13.9 Å². The van der Waals surface area contributed by atoms with Crippen LogP contribution in [-0.2, 0) is 26.2 Å². The SMILES string of the molecule is CCOc1ccc(N(CCCC(=O)N(Cc2ccccc2)[C@H](C)C(=O)N[C@H](C)CC)S(C)(=O)=O)cc1. The van der Waals surface area contributed by atoms with Crippen LogP contribution < -0.4 is 14.4 Å². The van der Waals surface area contributed by atoms with E-state index >= 15 is 0 Å². The van der Waals surface area contributed by atoms with Crippen LogP contribution in [0, 0.1) is 0 Å². The molecule has 0 aliphatic carbocycles. The number of rotatable bonds is 14. The van der Waals surface area contributed by atoms with Crippen LogP contribution in [0.2, 0.25) is 0 Å². The maximum absolute atomic E-state index is 13.3. The number of carbonyl (C=O) groups is 2. The highest BCUT2D eigenvalue weighted by Gasteiger charge is 2.27. The number of carbonyl (C=O) groups excluding carboxylic acids is 2. The standard InChI is InChI=1S/C27H39N3O5S/c1-6-21(3)28-27(32)22(4)29(20-23-12-9-8-10-13-23)26(31)14-11-19-30(36(5,33)34)24-15-17-25(18-16-24)35-7-2/h8-10,12-13,15-18,21-22H,6-7,11,14,19-20H2,1-5H3,(H,28,32)/t21-,22-/m1/s1. The minimum absolute atomic E-state index is 0.00561. The second-order valence-corrected chi connectivity index (χ2v) is 10.8. The topological polar surface area (TPSA) is 96.0 Å². The quantitative estimate of drug-likeness (QED) is 0.409. The molecule has 9 heteroatoms. The van der Waals surface area contributed by atoms with Crippen LogP contribution >= 0.6 is 0 Å². The highest BCUT2D eigenvalue weighted by Crippen LogP contribution is 2.22. The fraction of sp³-hybridized carbons (Fsp3) is 0.481. The maximum atomic E-state index is 13.3. The Kier molecular flexibility index (Phi) is 11.2. The molecule has 0 saturated carbocycles. The van der Waals surface area contributed by atoms with Crippen LogP contribution in [0.5, 0.6) is 5.75 Å². The van der Waals surface area contributed by atoms with Crippen molar-refractivity contribution in [2.45, 2.75) is 65.6 Å². The molecular formula is C27H39N3O5S. The van der Waals surface area contributed by atoms with Gasteiger partial charge in [0.2, 0.25) is 21.8 Å². The highest BCUT2D eigenvalue weighted by molar-refractivity contribution is 7.92. The van der Waals surface area contributed by atoms with E-state index in [1.165, 1.54) is 4.31 Å². The van der Waals surface area contributed by atoms with E-state index in [0.29, 0.717) is 31.0 Å². The van der Waals surface area contributed by atoms with Gasteiger partial charge in [-0.05, 0) is 63.4 Å². The normalized spacial score (nSPS) is 12.9. The maximum Gasteiger partial charge on any atom is 0.242 e. The molecule has 1 N–H and O–H groups in total. The third kappa shape index (κ3) is 8.86. The number of hydrogen-bond acceptors (Lipinski definition) is 5. The molecule has 2 rings (SSSR count). The summed E-state index contributed by atoms with van der Waals surface area (Å²) in [5.41, 5.74) is 1.43. The predicted octanol–water partition coefficient (Wildman–Crippen LogP) is 3.96. The van der Waals surface area contributed by atoms with Crippen molar-refractivity contribution in [3.05, 3.63) is 60.2 Å². The van der Waals surface area contributed by atoms with E-state index in [-0.39, 0.29) is 30.8 Å². The van der Waals surface area contributed by atoms with Crippen LogP contribution in [-0.4, -0.2) is 56.6 Å². The molecule has 0 radical (unpaired) electrons. The fourth-order valence-corrected chi connectivity index (χ4v) is 4.67. The Bertz CT molecular complexity index is 1070.